The van der Waals surface area contributed by atoms with Crippen LogP contribution in [0.2, 0.25) is 0 Å². The van der Waals surface area contributed by atoms with Gasteiger partial charge in [-0.05, 0) is 55.4 Å². The molecule has 0 unspecified atom stereocenters. The van der Waals surface area contributed by atoms with Crippen LogP contribution in [0.15, 0.2) is 64.7 Å². The molecule has 49 heavy (non-hydrogen) atoms. The number of hydrogen-bond donors (Lipinski definition) is 2. The van der Waals surface area contributed by atoms with Crippen LogP contribution in [0.1, 0.15) is 54.4 Å². The molecule has 0 saturated carbocycles. The summed E-state index contributed by atoms with van der Waals surface area (Å²) in [5.74, 6) is -0.713. The van der Waals surface area contributed by atoms with Gasteiger partial charge >= 0.3 is 6.03 Å². The van der Waals surface area contributed by atoms with Crippen molar-refractivity contribution in [2.24, 2.45) is 17.0 Å². The maximum atomic E-state index is 14.1. The predicted octanol–water partition coefficient (Wildman–Crippen LogP) is 4.72. The van der Waals surface area contributed by atoms with E-state index in [0.717, 1.165) is 21.1 Å². The Labute approximate surface area is 293 Å². The third-order valence-corrected chi connectivity index (χ3v) is 11.3. The number of carbonyl (C=O) groups is 2. The van der Waals surface area contributed by atoms with Crippen molar-refractivity contribution < 1.29 is 23.1 Å². The lowest BCUT2D eigenvalue weighted by Crippen LogP contribution is -2.57. The second kappa shape index (κ2) is 16.8. The molecule has 12 nitrogen and oxygen atoms in total. The van der Waals surface area contributed by atoms with E-state index in [-0.39, 0.29) is 48.8 Å². The maximum absolute atomic E-state index is 14.1. The second-order valence-electron chi connectivity index (χ2n) is 13.3. The van der Waals surface area contributed by atoms with Gasteiger partial charge in [0.05, 0.1) is 34.3 Å². The summed E-state index contributed by atoms with van der Waals surface area (Å²) in [5, 5.41) is 18.6. The zero-order chi connectivity index (χ0) is 35.9. The fourth-order valence-corrected chi connectivity index (χ4v) is 8.58. The van der Waals surface area contributed by atoms with Gasteiger partial charge in [0.15, 0.2) is 0 Å². The van der Waals surface area contributed by atoms with Crippen molar-refractivity contribution in [1.82, 2.24) is 24.4 Å². The number of aliphatic hydroxyl groups excluding tert-OH is 1. The van der Waals surface area contributed by atoms with E-state index in [1.165, 1.54) is 16.4 Å². The molecule has 1 aliphatic rings. The Morgan fingerprint density at radius 2 is 1.69 bits per heavy atom. The lowest BCUT2D eigenvalue weighted by molar-refractivity contribution is -0.128. The van der Waals surface area contributed by atoms with E-state index < -0.39 is 34.1 Å². The van der Waals surface area contributed by atoms with Gasteiger partial charge in [0.25, 0.3) is 0 Å². The number of nitrogens with one attached hydrogen (secondary N) is 1. The SMILES string of the molecule is Cc1nc(CN2CCN([C@H](C(=O)N[C@@H](Cc3ccccc3)[C@H](O)CN(CC(C)C)S(=O)(=O)c3ccc(CN=O)cc3)C(C)C)C2=O)c(C)s1. The van der Waals surface area contributed by atoms with E-state index >= 15 is 0 Å². The van der Waals surface area contributed by atoms with Gasteiger partial charge in [-0.2, -0.15) is 9.21 Å². The summed E-state index contributed by atoms with van der Waals surface area (Å²) in [7, 11) is -4.05. The van der Waals surface area contributed by atoms with Crippen LogP contribution in [0.4, 0.5) is 4.79 Å². The van der Waals surface area contributed by atoms with E-state index in [2.05, 4.69) is 15.5 Å². The van der Waals surface area contributed by atoms with Gasteiger partial charge in [-0.3, -0.25) is 4.79 Å². The van der Waals surface area contributed by atoms with Crippen LogP contribution < -0.4 is 5.32 Å². The highest BCUT2D eigenvalue weighted by Crippen LogP contribution is 2.25. The first kappa shape index (κ1) is 38.1. The Morgan fingerprint density at radius 3 is 2.27 bits per heavy atom. The van der Waals surface area contributed by atoms with Crippen molar-refractivity contribution in [3.63, 3.8) is 0 Å². The van der Waals surface area contributed by atoms with Crippen molar-refractivity contribution in [3.05, 3.63) is 86.2 Å². The number of benzene rings is 2. The van der Waals surface area contributed by atoms with Crippen LogP contribution in [0, 0.1) is 30.6 Å². The summed E-state index contributed by atoms with van der Waals surface area (Å²) in [6.45, 7) is 12.4. The van der Waals surface area contributed by atoms with Crippen molar-refractivity contribution in [3.8, 4) is 0 Å². The number of aryl methyl sites for hydroxylation is 2. The average molecular weight is 713 g/mol. The van der Waals surface area contributed by atoms with E-state index in [9.17, 15) is 28.0 Å². The molecule has 3 amide bonds. The number of aliphatic hydroxyl groups is 1. The Balaban J connectivity index is 1.57. The summed E-state index contributed by atoms with van der Waals surface area (Å²) >= 11 is 1.58. The Bertz CT molecular complexity index is 1680. The summed E-state index contributed by atoms with van der Waals surface area (Å²) in [4.78, 5) is 47.4. The fraction of sp³-hybridized carbons (Fsp3) is 0.514. The van der Waals surface area contributed by atoms with Gasteiger partial charge in [0.1, 0.15) is 12.6 Å². The molecule has 266 valence electrons. The lowest BCUT2D eigenvalue weighted by Gasteiger charge is -2.34. The van der Waals surface area contributed by atoms with Crippen LogP contribution in [0.3, 0.4) is 0 Å². The van der Waals surface area contributed by atoms with Crippen molar-refractivity contribution in [2.45, 2.75) is 84.1 Å². The number of carbonyl (C=O) groups excluding carboxylic acids is 2. The highest BCUT2D eigenvalue weighted by Gasteiger charge is 2.41. The zero-order valence-electron chi connectivity index (χ0n) is 29.1. The predicted molar refractivity (Wildman–Crippen MR) is 190 cm³/mol. The molecule has 0 bridgehead atoms. The van der Waals surface area contributed by atoms with E-state index in [1.54, 1.807) is 33.3 Å². The van der Waals surface area contributed by atoms with Gasteiger partial charge in [-0.25, -0.2) is 18.2 Å². The number of urea groups is 1. The fourth-order valence-electron chi connectivity index (χ4n) is 6.13. The number of rotatable bonds is 17. The molecule has 1 aliphatic heterocycles. The number of sulfonamides is 1. The molecule has 14 heteroatoms. The number of nitroso groups, excluding NO2 is 1. The van der Waals surface area contributed by atoms with Crippen LogP contribution in [-0.4, -0.2) is 88.9 Å². The monoisotopic (exact) mass is 712 g/mol. The van der Waals surface area contributed by atoms with Gasteiger partial charge in [0.2, 0.25) is 15.9 Å². The number of thiazole rings is 1. The summed E-state index contributed by atoms with van der Waals surface area (Å²) < 4.78 is 29.0. The molecule has 2 heterocycles. The first-order valence-electron chi connectivity index (χ1n) is 16.6. The first-order chi connectivity index (χ1) is 23.2. The minimum Gasteiger partial charge on any atom is -0.390 e. The highest BCUT2D eigenvalue weighted by atomic mass is 32.2. The van der Waals surface area contributed by atoms with Gasteiger partial charge in [0, 0.05) is 31.1 Å². The largest absolute Gasteiger partial charge is 0.390 e. The molecule has 3 atom stereocenters. The average Bonchev–Trinajstić information content (AvgIpc) is 3.56. The smallest absolute Gasteiger partial charge is 0.321 e. The lowest BCUT2D eigenvalue weighted by atomic mass is 9.97. The van der Waals surface area contributed by atoms with Crippen LogP contribution in [-0.2, 0) is 34.3 Å². The normalized spacial score (nSPS) is 15.7. The quantitative estimate of drug-likeness (QED) is 0.192. The van der Waals surface area contributed by atoms with Gasteiger partial charge in [-0.1, -0.05) is 75.3 Å². The van der Waals surface area contributed by atoms with Crippen molar-refractivity contribution in [2.75, 3.05) is 26.2 Å². The minimum atomic E-state index is -4.05. The molecule has 2 N–H and O–H groups in total. The zero-order valence-corrected chi connectivity index (χ0v) is 30.7. The molecule has 1 fully saturated rings. The molecule has 2 aromatic carbocycles. The Kier molecular flexibility index (Phi) is 13.1. The molecule has 3 aromatic rings. The highest BCUT2D eigenvalue weighted by molar-refractivity contribution is 7.89. The molecule has 0 spiro atoms. The number of aromatic nitrogens is 1. The molecular weight excluding hydrogens is 665 g/mol. The Morgan fingerprint density at radius 1 is 1.02 bits per heavy atom. The third kappa shape index (κ3) is 9.71. The topological polar surface area (TPSA) is 153 Å². The van der Waals surface area contributed by atoms with E-state index in [4.69, 9.17) is 0 Å². The second-order valence-corrected chi connectivity index (χ2v) is 16.7. The summed E-state index contributed by atoms with van der Waals surface area (Å²) in [6, 6.07) is 13.4. The van der Waals surface area contributed by atoms with Crippen LogP contribution in [0.5, 0.6) is 0 Å². The van der Waals surface area contributed by atoms with Gasteiger partial charge < -0.3 is 20.2 Å². The molecular formula is C35H48N6O6S2. The summed E-state index contributed by atoms with van der Waals surface area (Å²) in [5.41, 5.74) is 2.29. The standard InChI is InChI=1S/C35H48N6O6S2/c1-23(2)20-40(49(46,47)29-14-12-28(13-15-29)19-36-45)22-32(42)30(18-27-10-8-7-9-11-27)38-34(43)33(24(3)4)41-17-16-39(35(41)44)21-31-25(5)48-26(6)37-31/h7-15,23-24,30,32-33,42H,16-22H2,1-6H3,(H,38,43)/t30-,32+,33-/m0/s1. The minimum absolute atomic E-state index is 0.0265. The number of nitrogens with zero attached hydrogens (tertiary/aromatic N) is 5. The number of hydrogen-bond acceptors (Lipinski definition) is 9. The van der Waals surface area contributed by atoms with Gasteiger partial charge in [-0.15, -0.1) is 11.3 Å². The van der Waals surface area contributed by atoms with Crippen molar-refractivity contribution >= 4 is 33.3 Å². The molecule has 0 radical (unpaired) electrons. The Hall–Kier alpha value is -3.72. The van der Waals surface area contributed by atoms with E-state index in [0.29, 0.717) is 25.2 Å². The van der Waals surface area contributed by atoms with Crippen LogP contribution >= 0.6 is 11.3 Å². The first-order valence-corrected chi connectivity index (χ1v) is 18.9. The summed E-state index contributed by atoms with van der Waals surface area (Å²) in [6.07, 6.45) is -1.05. The van der Waals surface area contributed by atoms with Crippen molar-refractivity contribution in [1.29, 1.82) is 0 Å². The molecule has 1 aromatic heterocycles. The third-order valence-electron chi connectivity index (χ3n) is 8.56. The van der Waals surface area contributed by atoms with Crippen LogP contribution in [0.25, 0.3) is 0 Å². The molecule has 1 saturated heterocycles. The maximum Gasteiger partial charge on any atom is 0.321 e. The van der Waals surface area contributed by atoms with E-state index in [1.807, 2.05) is 71.9 Å². The molecule has 0 aliphatic carbocycles. The molecule has 4 rings (SSSR count). The number of amides is 3.